The summed E-state index contributed by atoms with van der Waals surface area (Å²) >= 11 is 15.6. The standard InChI is InChI=1S/C23H21BrCl2N2O3S/c1-15-9-16(2)11-20(10-15)27-23(29)14-28(13-17-3-6-19(25)12-22(17)26)32(30,31)21-7-4-18(24)5-8-21/h3-12H,13-14H2,1-2H3,(H,27,29). The van der Waals surface area contributed by atoms with Crippen molar-refractivity contribution in [3.63, 3.8) is 0 Å². The van der Waals surface area contributed by atoms with Crippen molar-refractivity contribution in [1.29, 1.82) is 0 Å². The smallest absolute Gasteiger partial charge is 0.243 e. The molecule has 0 saturated heterocycles. The highest BCUT2D eigenvalue weighted by atomic mass is 79.9. The Labute approximate surface area is 206 Å². The molecular formula is C23H21BrCl2N2O3S. The molecule has 3 rings (SSSR count). The summed E-state index contributed by atoms with van der Waals surface area (Å²) in [6.45, 7) is 3.38. The maximum atomic E-state index is 13.4. The topological polar surface area (TPSA) is 66.5 Å². The van der Waals surface area contributed by atoms with Gasteiger partial charge < -0.3 is 5.32 Å². The van der Waals surface area contributed by atoms with Crippen molar-refractivity contribution in [3.8, 4) is 0 Å². The summed E-state index contributed by atoms with van der Waals surface area (Å²) in [6, 6.07) is 16.7. The van der Waals surface area contributed by atoms with Crippen LogP contribution in [0, 0.1) is 13.8 Å². The highest BCUT2D eigenvalue weighted by molar-refractivity contribution is 9.10. The zero-order valence-electron chi connectivity index (χ0n) is 17.4. The minimum Gasteiger partial charge on any atom is -0.325 e. The van der Waals surface area contributed by atoms with Crippen LogP contribution >= 0.6 is 39.1 Å². The van der Waals surface area contributed by atoms with Crippen LogP contribution in [-0.4, -0.2) is 25.2 Å². The van der Waals surface area contributed by atoms with Crippen LogP contribution in [0.1, 0.15) is 16.7 Å². The average Bonchev–Trinajstić information content (AvgIpc) is 2.68. The zero-order valence-corrected chi connectivity index (χ0v) is 21.3. The number of carbonyl (C=O) groups excluding carboxylic acids is 1. The van der Waals surface area contributed by atoms with Gasteiger partial charge in [-0.15, -0.1) is 0 Å². The van der Waals surface area contributed by atoms with E-state index in [1.54, 1.807) is 30.3 Å². The van der Waals surface area contributed by atoms with Gasteiger partial charge in [0.05, 0.1) is 11.4 Å². The molecule has 1 N–H and O–H groups in total. The largest absolute Gasteiger partial charge is 0.325 e. The SMILES string of the molecule is Cc1cc(C)cc(NC(=O)CN(Cc2ccc(Cl)cc2Cl)S(=O)(=O)c2ccc(Br)cc2)c1. The minimum absolute atomic E-state index is 0.0741. The monoisotopic (exact) mass is 554 g/mol. The molecule has 3 aromatic rings. The summed E-state index contributed by atoms with van der Waals surface area (Å²) in [5.41, 5.74) is 3.13. The molecule has 0 aliphatic rings. The van der Waals surface area contributed by atoms with Gasteiger partial charge in [0.25, 0.3) is 0 Å². The lowest BCUT2D eigenvalue weighted by Gasteiger charge is -2.23. The fraction of sp³-hybridized carbons (Fsp3) is 0.174. The predicted octanol–water partition coefficient (Wildman–Crippen LogP) is 6.20. The molecule has 0 fully saturated rings. The first-order chi connectivity index (χ1) is 15.0. The molecule has 0 aliphatic carbocycles. The summed E-state index contributed by atoms with van der Waals surface area (Å²) < 4.78 is 28.6. The first kappa shape index (κ1) is 24.7. The van der Waals surface area contributed by atoms with Crippen molar-refractivity contribution in [2.75, 3.05) is 11.9 Å². The summed E-state index contributed by atoms with van der Waals surface area (Å²) in [4.78, 5) is 12.9. The molecule has 5 nitrogen and oxygen atoms in total. The van der Waals surface area contributed by atoms with E-state index in [4.69, 9.17) is 23.2 Å². The second-order valence-corrected chi connectivity index (χ2v) is 11.1. The van der Waals surface area contributed by atoms with Gasteiger partial charge >= 0.3 is 0 Å². The Bertz CT molecular complexity index is 1230. The maximum Gasteiger partial charge on any atom is 0.243 e. The first-order valence-electron chi connectivity index (χ1n) is 9.62. The minimum atomic E-state index is -3.99. The number of carbonyl (C=O) groups is 1. The van der Waals surface area contributed by atoms with Crippen molar-refractivity contribution in [2.24, 2.45) is 0 Å². The van der Waals surface area contributed by atoms with Gasteiger partial charge in [-0.3, -0.25) is 4.79 Å². The van der Waals surface area contributed by atoms with E-state index in [9.17, 15) is 13.2 Å². The number of nitrogens with zero attached hydrogens (tertiary/aromatic N) is 1. The molecule has 0 spiro atoms. The van der Waals surface area contributed by atoms with Gasteiger partial charge in [-0.25, -0.2) is 8.42 Å². The van der Waals surface area contributed by atoms with Gasteiger partial charge in [0.2, 0.25) is 15.9 Å². The second kappa shape index (κ2) is 10.4. The van der Waals surface area contributed by atoms with E-state index < -0.39 is 15.9 Å². The van der Waals surface area contributed by atoms with Gasteiger partial charge in [0.15, 0.2) is 0 Å². The van der Waals surface area contributed by atoms with E-state index in [1.807, 2.05) is 32.0 Å². The van der Waals surface area contributed by atoms with Crippen LogP contribution in [0.4, 0.5) is 5.69 Å². The van der Waals surface area contributed by atoms with Crippen LogP contribution in [0.15, 0.2) is 70.0 Å². The van der Waals surface area contributed by atoms with E-state index >= 15 is 0 Å². The van der Waals surface area contributed by atoms with Crippen molar-refractivity contribution >= 4 is 60.7 Å². The average molecular weight is 556 g/mol. The highest BCUT2D eigenvalue weighted by Crippen LogP contribution is 2.26. The molecule has 0 heterocycles. The summed E-state index contributed by atoms with van der Waals surface area (Å²) in [6.07, 6.45) is 0. The molecule has 0 saturated carbocycles. The lowest BCUT2D eigenvalue weighted by Crippen LogP contribution is -2.37. The molecule has 0 aliphatic heterocycles. The molecule has 32 heavy (non-hydrogen) atoms. The summed E-state index contributed by atoms with van der Waals surface area (Å²) in [5.74, 6) is -0.458. The lowest BCUT2D eigenvalue weighted by atomic mass is 10.1. The quantitative estimate of drug-likeness (QED) is 0.377. The molecular weight excluding hydrogens is 535 g/mol. The van der Waals surface area contributed by atoms with Gasteiger partial charge in [-0.2, -0.15) is 4.31 Å². The number of sulfonamides is 1. The third-order valence-electron chi connectivity index (χ3n) is 4.64. The molecule has 0 radical (unpaired) electrons. The Morgan fingerprint density at radius 2 is 1.59 bits per heavy atom. The fourth-order valence-corrected chi connectivity index (χ4v) is 5.34. The zero-order chi connectivity index (χ0) is 23.5. The Morgan fingerprint density at radius 1 is 0.969 bits per heavy atom. The lowest BCUT2D eigenvalue weighted by molar-refractivity contribution is -0.116. The summed E-state index contributed by atoms with van der Waals surface area (Å²) in [7, 11) is -3.99. The Hall–Kier alpha value is -1.90. The molecule has 1 amide bonds. The van der Waals surface area contributed by atoms with Crippen LogP contribution in [0.2, 0.25) is 10.0 Å². The van der Waals surface area contributed by atoms with Crippen LogP contribution in [0.3, 0.4) is 0 Å². The molecule has 0 aromatic heterocycles. The van der Waals surface area contributed by atoms with Crippen molar-refractivity contribution in [2.45, 2.75) is 25.3 Å². The molecule has 0 atom stereocenters. The van der Waals surface area contributed by atoms with E-state index in [0.29, 0.717) is 21.3 Å². The van der Waals surface area contributed by atoms with E-state index in [-0.39, 0.29) is 18.0 Å². The van der Waals surface area contributed by atoms with E-state index in [0.717, 1.165) is 19.9 Å². The number of rotatable bonds is 7. The molecule has 0 unspecified atom stereocenters. The first-order valence-corrected chi connectivity index (χ1v) is 12.6. The van der Waals surface area contributed by atoms with Gasteiger partial charge in [0, 0.05) is 26.8 Å². The second-order valence-electron chi connectivity index (χ2n) is 7.39. The highest BCUT2D eigenvalue weighted by Gasteiger charge is 2.27. The van der Waals surface area contributed by atoms with Crippen LogP contribution in [0.25, 0.3) is 0 Å². The number of benzene rings is 3. The number of nitrogens with one attached hydrogen (secondary N) is 1. The Kier molecular flexibility index (Phi) is 8.01. The van der Waals surface area contributed by atoms with E-state index in [2.05, 4.69) is 21.2 Å². The molecule has 0 bridgehead atoms. The van der Waals surface area contributed by atoms with Gasteiger partial charge in [-0.1, -0.05) is 51.3 Å². The van der Waals surface area contributed by atoms with Crippen LogP contribution in [0.5, 0.6) is 0 Å². The summed E-state index contributed by atoms with van der Waals surface area (Å²) in [5, 5.41) is 3.55. The van der Waals surface area contributed by atoms with Crippen molar-refractivity contribution in [3.05, 3.63) is 91.9 Å². The molecule has 3 aromatic carbocycles. The number of halogens is 3. The van der Waals surface area contributed by atoms with Crippen LogP contribution in [-0.2, 0) is 21.4 Å². The normalized spacial score (nSPS) is 11.6. The predicted molar refractivity (Wildman–Crippen MR) is 133 cm³/mol. The van der Waals surface area contributed by atoms with Gasteiger partial charge in [0.1, 0.15) is 0 Å². The van der Waals surface area contributed by atoms with Crippen molar-refractivity contribution in [1.82, 2.24) is 4.31 Å². The third kappa shape index (κ3) is 6.33. The number of hydrogen-bond donors (Lipinski definition) is 1. The van der Waals surface area contributed by atoms with Gasteiger partial charge in [-0.05, 0) is 79.1 Å². The third-order valence-corrected chi connectivity index (χ3v) is 7.56. The molecule has 9 heteroatoms. The Morgan fingerprint density at radius 3 is 2.19 bits per heavy atom. The van der Waals surface area contributed by atoms with Crippen molar-refractivity contribution < 1.29 is 13.2 Å². The number of hydrogen-bond acceptors (Lipinski definition) is 3. The fourth-order valence-electron chi connectivity index (χ4n) is 3.23. The van der Waals surface area contributed by atoms with E-state index in [1.165, 1.54) is 12.1 Å². The Balaban J connectivity index is 1.92. The number of aryl methyl sites for hydroxylation is 2. The number of amides is 1. The molecule has 168 valence electrons. The number of anilines is 1. The maximum absolute atomic E-state index is 13.4. The van der Waals surface area contributed by atoms with Crippen LogP contribution < -0.4 is 5.32 Å².